The Kier molecular flexibility index (Phi) is 2.93. The van der Waals surface area contributed by atoms with Gasteiger partial charge < -0.3 is 10.6 Å². The topological polar surface area (TPSA) is 77.8 Å². The van der Waals surface area contributed by atoms with E-state index < -0.39 is 0 Å². The standard InChI is InChI=1S/C10H9ClN4O/c11-8-1-6(4-12)2-9(15-8)14-7-3-10(16)13-5-7/h1-2,7H,3,5H2,(H,13,16)(H,14,15). The Morgan fingerprint density at radius 3 is 3.06 bits per heavy atom. The third-order valence-corrected chi connectivity index (χ3v) is 2.45. The third kappa shape index (κ3) is 2.41. The zero-order valence-electron chi connectivity index (χ0n) is 8.33. The number of carbonyl (C=O) groups is 1. The number of anilines is 1. The molecule has 82 valence electrons. The molecular weight excluding hydrogens is 228 g/mol. The molecule has 16 heavy (non-hydrogen) atoms. The van der Waals surface area contributed by atoms with Gasteiger partial charge in [0.15, 0.2) is 0 Å². The van der Waals surface area contributed by atoms with Gasteiger partial charge in [0.2, 0.25) is 5.91 Å². The van der Waals surface area contributed by atoms with Crippen molar-refractivity contribution in [3.8, 4) is 6.07 Å². The van der Waals surface area contributed by atoms with Crippen molar-refractivity contribution in [3.05, 3.63) is 22.8 Å². The first-order chi connectivity index (χ1) is 7.67. The minimum atomic E-state index is 0.00464. The summed E-state index contributed by atoms with van der Waals surface area (Å²) >= 11 is 5.76. The van der Waals surface area contributed by atoms with E-state index in [1.54, 1.807) is 6.07 Å². The molecule has 1 amide bonds. The minimum Gasteiger partial charge on any atom is -0.365 e. The van der Waals surface area contributed by atoms with Gasteiger partial charge in [0.25, 0.3) is 0 Å². The minimum absolute atomic E-state index is 0.00464. The molecule has 1 fully saturated rings. The maximum atomic E-state index is 11.0. The Balaban J connectivity index is 2.12. The summed E-state index contributed by atoms with van der Waals surface area (Å²) in [5, 5.41) is 14.8. The van der Waals surface area contributed by atoms with Crippen LogP contribution >= 0.6 is 11.6 Å². The average Bonchev–Trinajstić information content (AvgIpc) is 2.63. The zero-order chi connectivity index (χ0) is 11.5. The van der Waals surface area contributed by atoms with E-state index in [2.05, 4.69) is 15.6 Å². The van der Waals surface area contributed by atoms with Crippen LogP contribution in [-0.4, -0.2) is 23.5 Å². The maximum absolute atomic E-state index is 11.0. The second kappa shape index (κ2) is 4.37. The van der Waals surface area contributed by atoms with Crippen LogP contribution < -0.4 is 10.6 Å². The highest BCUT2D eigenvalue weighted by molar-refractivity contribution is 6.29. The Labute approximate surface area is 97.4 Å². The molecule has 2 N–H and O–H groups in total. The van der Waals surface area contributed by atoms with Gasteiger partial charge in [-0.25, -0.2) is 4.98 Å². The lowest BCUT2D eigenvalue weighted by atomic mass is 10.2. The molecular formula is C10H9ClN4O. The lowest BCUT2D eigenvalue weighted by Crippen LogP contribution is -2.22. The number of pyridine rings is 1. The van der Waals surface area contributed by atoms with E-state index in [1.807, 2.05) is 6.07 Å². The molecule has 0 saturated carbocycles. The van der Waals surface area contributed by atoms with Crippen molar-refractivity contribution >= 4 is 23.3 Å². The van der Waals surface area contributed by atoms with Crippen LogP contribution in [0.1, 0.15) is 12.0 Å². The quantitative estimate of drug-likeness (QED) is 0.748. The van der Waals surface area contributed by atoms with E-state index in [0.29, 0.717) is 24.3 Å². The molecule has 1 aliphatic rings. The number of hydrogen-bond acceptors (Lipinski definition) is 4. The Morgan fingerprint density at radius 1 is 1.62 bits per heavy atom. The zero-order valence-corrected chi connectivity index (χ0v) is 9.08. The molecule has 1 aliphatic heterocycles. The highest BCUT2D eigenvalue weighted by atomic mass is 35.5. The number of hydrogen-bond donors (Lipinski definition) is 2. The third-order valence-electron chi connectivity index (χ3n) is 2.25. The highest BCUT2D eigenvalue weighted by Crippen LogP contribution is 2.16. The predicted molar refractivity (Wildman–Crippen MR) is 59.0 cm³/mol. The lowest BCUT2D eigenvalue weighted by molar-refractivity contribution is -0.119. The largest absolute Gasteiger partial charge is 0.365 e. The Hall–Kier alpha value is -1.80. The fourth-order valence-electron chi connectivity index (χ4n) is 1.55. The van der Waals surface area contributed by atoms with Crippen molar-refractivity contribution in [2.45, 2.75) is 12.5 Å². The van der Waals surface area contributed by atoms with Crippen molar-refractivity contribution in [1.82, 2.24) is 10.3 Å². The molecule has 1 saturated heterocycles. The van der Waals surface area contributed by atoms with Crippen molar-refractivity contribution in [2.75, 3.05) is 11.9 Å². The number of nitriles is 1. The van der Waals surface area contributed by atoms with Crippen LogP contribution in [0, 0.1) is 11.3 Å². The molecule has 0 spiro atoms. The van der Waals surface area contributed by atoms with Gasteiger partial charge in [0, 0.05) is 13.0 Å². The molecule has 2 rings (SSSR count). The summed E-state index contributed by atoms with van der Waals surface area (Å²) in [6, 6.07) is 5.10. The molecule has 1 unspecified atom stereocenters. The van der Waals surface area contributed by atoms with Gasteiger partial charge in [0.05, 0.1) is 17.7 Å². The first-order valence-electron chi connectivity index (χ1n) is 4.78. The number of amides is 1. The number of nitrogens with zero attached hydrogens (tertiary/aromatic N) is 2. The fourth-order valence-corrected chi connectivity index (χ4v) is 1.76. The van der Waals surface area contributed by atoms with E-state index in [0.717, 1.165) is 0 Å². The predicted octanol–water partition coefficient (Wildman–Crippen LogP) is 0.907. The van der Waals surface area contributed by atoms with E-state index in [1.165, 1.54) is 6.07 Å². The number of nitrogens with one attached hydrogen (secondary N) is 2. The number of rotatable bonds is 2. The van der Waals surface area contributed by atoms with Gasteiger partial charge in [-0.05, 0) is 12.1 Å². The van der Waals surface area contributed by atoms with Crippen LogP contribution in [0.5, 0.6) is 0 Å². The van der Waals surface area contributed by atoms with Crippen molar-refractivity contribution in [2.24, 2.45) is 0 Å². The van der Waals surface area contributed by atoms with Crippen LogP contribution in [0.4, 0.5) is 5.82 Å². The molecule has 0 bridgehead atoms. The molecule has 0 radical (unpaired) electrons. The van der Waals surface area contributed by atoms with Crippen molar-refractivity contribution in [1.29, 1.82) is 5.26 Å². The second-order valence-electron chi connectivity index (χ2n) is 3.53. The van der Waals surface area contributed by atoms with Crippen LogP contribution in [0.3, 0.4) is 0 Å². The fraction of sp³-hybridized carbons (Fsp3) is 0.300. The first kappa shape index (κ1) is 10.7. The molecule has 0 aromatic carbocycles. The Bertz CT molecular complexity index is 468. The summed E-state index contributed by atoms with van der Waals surface area (Å²) in [6.07, 6.45) is 0.413. The number of carbonyl (C=O) groups excluding carboxylic acids is 1. The van der Waals surface area contributed by atoms with Crippen LogP contribution in [0.2, 0.25) is 5.15 Å². The SMILES string of the molecule is N#Cc1cc(Cl)nc(NC2CNC(=O)C2)c1. The van der Waals surface area contributed by atoms with E-state index in [4.69, 9.17) is 16.9 Å². The van der Waals surface area contributed by atoms with Gasteiger partial charge in [-0.1, -0.05) is 11.6 Å². The van der Waals surface area contributed by atoms with Gasteiger partial charge in [-0.3, -0.25) is 4.79 Å². The molecule has 2 heterocycles. The maximum Gasteiger partial charge on any atom is 0.222 e. The highest BCUT2D eigenvalue weighted by Gasteiger charge is 2.21. The molecule has 0 aliphatic carbocycles. The van der Waals surface area contributed by atoms with Crippen molar-refractivity contribution < 1.29 is 4.79 Å². The van der Waals surface area contributed by atoms with Gasteiger partial charge in [-0.2, -0.15) is 5.26 Å². The summed E-state index contributed by atoms with van der Waals surface area (Å²) in [7, 11) is 0. The van der Waals surface area contributed by atoms with Crippen LogP contribution in [0.15, 0.2) is 12.1 Å². The normalized spacial score (nSPS) is 19.0. The molecule has 1 aromatic rings. The van der Waals surface area contributed by atoms with Crippen LogP contribution in [-0.2, 0) is 4.79 Å². The monoisotopic (exact) mass is 236 g/mol. The summed E-state index contributed by atoms with van der Waals surface area (Å²) in [5.41, 5.74) is 0.444. The van der Waals surface area contributed by atoms with Crippen molar-refractivity contribution in [3.63, 3.8) is 0 Å². The molecule has 6 heteroatoms. The molecule has 1 atom stereocenters. The van der Waals surface area contributed by atoms with Gasteiger partial charge >= 0.3 is 0 Å². The second-order valence-corrected chi connectivity index (χ2v) is 3.91. The van der Waals surface area contributed by atoms with Gasteiger partial charge in [0.1, 0.15) is 11.0 Å². The van der Waals surface area contributed by atoms with Gasteiger partial charge in [-0.15, -0.1) is 0 Å². The average molecular weight is 237 g/mol. The summed E-state index contributed by atoms with van der Waals surface area (Å²) < 4.78 is 0. The van der Waals surface area contributed by atoms with Crippen LogP contribution in [0.25, 0.3) is 0 Å². The summed E-state index contributed by atoms with van der Waals surface area (Å²) in [6.45, 7) is 0.564. The number of halogens is 1. The smallest absolute Gasteiger partial charge is 0.222 e. The molecule has 1 aromatic heterocycles. The molecule has 5 nitrogen and oxygen atoms in total. The van der Waals surface area contributed by atoms with E-state index in [-0.39, 0.29) is 17.1 Å². The lowest BCUT2D eigenvalue weighted by Gasteiger charge is -2.11. The first-order valence-corrected chi connectivity index (χ1v) is 5.16. The van der Waals surface area contributed by atoms with E-state index >= 15 is 0 Å². The van der Waals surface area contributed by atoms with E-state index in [9.17, 15) is 4.79 Å². The Morgan fingerprint density at radius 2 is 2.44 bits per heavy atom. The summed E-state index contributed by atoms with van der Waals surface area (Å²) in [4.78, 5) is 15.0. The summed E-state index contributed by atoms with van der Waals surface area (Å²) in [5.74, 6) is 0.533. The number of aromatic nitrogens is 1.